The molecule has 5 rings (SSSR count). The minimum atomic E-state index is -0.542. The number of nitrogens with one attached hydrogen (secondary N) is 2. The van der Waals surface area contributed by atoms with E-state index in [0.29, 0.717) is 17.2 Å². The van der Waals surface area contributed by atoms with Gasteiger partial charge in [0.15, 0.2) is 5.13 Å². The number of anilines is 2. The second-order valence-corrected chi connectivity index (χ2v) is 11.0. The summed E-state index contributed by atoms with van der Waals surface area (Å²) < 4.78 is 0. The van der Waals surface area contributed by atoms with Gasteiger partial charge in [-0.1, -0.05) is 55.5 Å². The molecule has 1 unspecified atom stereocenters. The minimum absolute atomic E-state index is 0.154. The Bertz CT molecular complexity index is 1720. The smallest absolute Gasteiger partial charge is 0.270 e. The fourth-order valence-corrected chi connectivity index (χ4v) is 5.83. The number of thioether (sulfide) groups is 1. The minimum Gasteiger partial charge on any atom is -0.322 e. The molecule has 5 aromatic rings. The Balaban J connectivity index is 1.23. The van der Waals surface area contributed by atoms with Crippen molar-refractivity contribution in [3.63, 3.8) is 0 Å². The monoisotopic (exact) mass is 568 g/mol. The summed E-state index contributed by atoms with van der Waals surface area (Å²) in [6.07, 6.45) is 0.587. The number of hydrogen-bond acceptors (Lipinski definition) is 7. The van der Waals surface area contributed by atoms with E-state index in [-0.39, 0.29) is 22.4 Å². The van der Waals surface area contributed by atoms with E-state index in [4.69, 9.17) is 0 Å². The van der Waals surface area contributed by atoms with E-state index in [2.05, 4.69) is 39.9 Å². The number of benzene rings is 4. The summed E-state index contributed by atoms with van der Waals surface area (Å²) in [7, 11) is 0. The average molecular weight is 569 g/mol. The Labute approximate surface area is 238 Å². The Morgan fingerprint density at radius 1 is 0.950 bits per heavy atom. The van der Waals surface area contributed by atoms with Gasteiger partial charge >= 0.3 is 0 Å². The van der Waals surface area contributed by atoms with Crippen LogP contribution in [-0.4, -0.2) is 27.0 Å². The van der Waals surface area contributed by atoms with Gasteiger partial charge in [0, 0.05) is 39.2 Å². The van der Waals surface area contributed by atoms with E-state index < -0.39 is 10.8 Å². The summed E-state index contributed by atoms with van der Waals surface area (Å²) in [5, 5.41) is 21.1. The van der Waals surface area contributed by atoms with Crippen LogP contribution < -0.4 is 10.6 Å². The number of nitro groups is 1. The molecule has 2 amide bonds. The van der Waals surface area contributed by atoms with Crippen molar-refractivity contribution in [3.05, 3.63) is 112 Å². The van der Waals surface area contributed by atoms with Gasteiger partial charge in [-0.2, -0.15) is 0 Å². The fraction of sp³-hybridized carbons (Fsp3) is 0.100. The molecule has 0 aliphatic carbocycles. The lowest BCUT2D eigenvalue weighted by atomic mass is 10.1. The highest BCUT2D eigenvalue weighted by Crippen LogP contribution is 2.31. The van der Waals surface area contributed by atoms with Crippen molar-refractivity contribution < 1.29 is 14.5 Å². The second-order valence-electron chi connectivity index (χ2n) is 8.89. The molecule has 0 aliphatic rings. The van der Waals surface area contributed by atoms with Crippen LogP contribution >= 0.6 is 23.1 Å². The number of non-ortho nitro benzene ring substituents is 1. The number of rotatable bonds is 9. The highest BCUT2D eigenvalue weighted by Gasteiger charge is 2.20. The molecule has 0 fully saturated rings. The number of nitrogens with zero attached hydrogens (tertiary/aromatic N) is 2. The van der Waals surface area contributed by atoms with E-state index in [1.165, 1.54) is 47.4 Å². The van der Waals surface area contributed by atoms with Crippen LogP contribution in [0.1, 0.15) is 23.7 Å². The number of aromatic nitrogens is 1. The number of thiazole rings is 1. The predicted octanol–water partition coefficient (Wildman–Crippen LogP) is 7.63. The highest BCUT2D eigenvalue weighted by atomic mass is 32.2. The summed E-state index contributed by atoms with van der Waals surface area (Å²) in [6.45, 7) is 1.94. The first-order valence-corrected chi connectivity index (χ1v) is 14.2. The van der Waals surface area contributed by atoms with Crippen LogP contribution in [0, 0.1) is 10.1 Å². The van der Waals surface area contributed by atoms with Crippen molar-refractivity contribution in [1.29, 1.82) is 0 Å². The molecule has 0 spiro atoms. The summed E-state index contributed by atoms with van der Waals surface area (Å²) >= 11 is 2.77. The Morgan fingerprint density at radius 3 is 2.55 bits per heavy atom. The van der Waals surface area contributed by atoms with Crippen molar-refractivity contribution in [3.8, 4) is 11.3 Å². The van der Waals surface area contributed by atoms with Crippen LogP contribution in [0.4, 0.5) is 16.5 Å². The fourth-order valence-electron chi connectivity index (χ4n) is 4.10. The van der Waals surface area contributed by atoms with Gasteiger partial charge in [-0.25, -0.2) is 4.98 Å². The molecule has 0 radical (unpaired) electrons. The van der Waals surface area contributed by atoms with E-state index in [1.807, 2.05) is 36.6 Å². The lowest BCUT2D eigenvalue weighted by Gasteiger charge is -2.14. The Kier molecular flexibility index (Phi) is 8.18. The van der Waals surface area contributed by atoms with Crippen molar-refractivity contribution in [2.75, 3.05) is 10.6 Å². The number of carbonyl (C=O) groups is 2. The molecule has 1 aromatic heterocycles. The van der Waals surface area contributed by atoms with E-state index >= 15 is 0 Å². The van der Waals surface area contributed by atoms with Gasteiger partial charge in [0.05, 0.1) is 15.9 Å². The van der Waals surface area contributed by atoms with Crippen LogP contribution in [0.15, 0.2) is 101 Å². The Hall–Kier alpha value is -4.54. The van der Waals surface area contributed by atoms with Crippen molar-refractivity contribution in [2.24, 2.45) is 0 Å². The predicted molar refractivity (Wildman–Crippen MR) is 161 cm³/mol. The zero-order valence-corrected chi connectivity index (χ0v) is 23.0. The molecule has 4 aromatic carbocycles. The lowest BCUT2D eigenvalue weighted by Crippen LogP contribution is -2.24. The van der Waals surface area contributed by atoms with Gasteiger partial charge in [-0.15, -0.1) is 23.1 Å². The van der Waals surface area contributed by atoms with Gasteiger partial charge in [0.25, 0.3) is 11.6 Å². The first-order valence-electron chi connectivity index (χ1n) is 12.5. The standard InChI is InChI=1S/C30H24N4O4S2/c1-2-27(29(36)33-30-32-26(18-39-30)21-14-13-19-7-3-4-8-20(19)15-21)40-25-12-6-10-23(17-25)31-28(35)22-9-5-11-24(16-22)34(37)38/h3-18,27H,2H2,1H3,(H,31,35)(H,32,33,36). The van der Waals surface area contributed by atoms with E-state index in [1.54, 1.807) is 18.2 Å². The number of amides is 2. The molecule has 40 heavy (non-hydrogen) atoms. The molecule has 0 saturated carbocycles. The first-order chi connectivity index (χ1) is 19.4. The third-order valence-corrected chi connectivity index (χ3v) is 8.25. The lowest BCUT2D eigenvalue weighted by molar-refractivity contribution is -0.384. The third kappa shape index (κ3) is 6.36. The van der Waals surface area contributed by atoms with Crippen LogP contribution in [0.5, 0.6) is 0 Å². The number of hydrogen-bond donors (Lipinski definition) is 2. The van der Waals surface area contributed by atoms with Gasteiger partial charge in [-0.3, -0.25) is 19.7 Å². The molecule has 1 heterocycles. The molecule has 0 aliphatic heterocycles. The van der Waals surface area contributed by atoms with Crippen LogP contribution in [-0.2, 0) is 4.79 Å². The molecule has 0 saturated heterocycles. The quantitative estimate of drug-likeness (QED) is 0.107. The maximum atomic E-state index is 13.1. The van der Waals surface area contributed by atoms with Gasteiger partial charge in [-0.05, 0) is 47.5 Å². The molecule has 1 atom stereocenters. The zero-order valence-electron chi connectivity index (χ0n) is 21.4. The average Bonchev–Trinajstić information content (AvgIpc) is 3.44. The molecule has 8 nitrogen and oxygen atoms in total. The summed E-state index contributed by atoms with van der Waals surface area (Å²) in [6, 6.07) is 27.0. The molecular formula is C30H24N4O4S2. The maximum absolute atomic E-state index is 13.1. The largest absolute Gasteiger partial charge is 0.322 e. The first kappa shape index (κ1) is 27.0. The van der Waals surface area contributed by atoms with E-state index in [0.717, 1.165) is 26.9 Å². The van der Waals surface area contributed by atoms with Crippen molar-refractivity contribution >= 4 is 62.2 Å². The van der Waals surface area contributed by atoms with E-state index in [9.17, 15) is 19.7 Å². The second kappa shape index (κ2) is 12.1. The van der Waals surface area contributed by atoms with Crippen LogP contribution in [0.25, 0.3) is 22.0 Å². The topological polar surface area (TPSA) is 114 Å². The maximum Gasteiger partial charge on any atom is 0.270 e. The molecule has 10 heteroatoms. The highest BCUT2D eigenvalue weighted by molar-refractivity contribution is 8.00. The number of fused-ring (bicyclic) bond motifs is 1. The van der Waals surface area contributed by atoms with Gasteiger partial charge < -0.3 is 10.6 Å². The van der Waals surface area contributed by atoms with Crippen LogP contribution in [0.3, 0.4) is 0 Å². The molecular weight excluding hydrogens is 544 g/mol. The third-order valence-electron chi connectivity index (χ3n) is 6.13. The normalized spacial score (nSPS) is 11.6. The SMILES string of the molecule is CCC(Sc1cccc(NC(=O)c2cccc([N+](=O)[O-])c2)c1)C(=O)Nc1nc(-c2ccc3ccccc3c2)cs1. The Morgan fingerprint density at radius 2 is 1.75 bits per heavy atom. The van der Waals surface area contributed by atoms with Crippen molar-refractivity contribution in [1.82, 2.24) is 4.98 Å². The van der Waals surface area contributed by atoms with Gasteiger partial charge in [0.2, 0.25) is 5.91 Å². The van der Waals surface area contributed by atoms with Crippen molar-refractivity contribution in [2.45, 2.75) is 23.5 Å². The molecule has 200 valence electrons. The molecule has 2 N–H and O–H groups in total. The zero-order chi connectivity index (χ0) is 28.1. The summed E-state index contributed by atoms with van der Waals surface area (Å²) in [5.74, 6) is -0.612. The number of carbonyl (C=O) groups excluding carboxylic acids is 2. The summed E-state index contributed by atoms with van der Waals surface area (Å²) in [4.78, 5) is 41.7. The molecule has 0 bridgehead atoms. The number of nitro benzene ring substituents is 1. The summed E-state index contributed by atoms with van der Waals surface area (Å²) in [5.41, 5.74) is 2.35. The van der Waals surface area contributed by atoms with Gasteiger partial charge in [0.1, 0.15) is 0 Å². The van der Waals surface area contributed by atoms with Crippen LogP contribution in [0.2, 0.25) is 0 Å².